The molecule has 2 aromatic carbocycles. The molecule has 2 unspecified atom stereocenters. The van der Waals surface area contributed by atoms with E-state index in [0.717, 1.165) is 127 Å². The first-order chi connectivity index (χ1) is 38.9. The quantitative estimate of drug-likeness (QED) is 0.170. The van der Waals surface area contributed by atoms with Gasteiger partial charge in [-0.2, -0.15) is 0 Å². The lowest BCUT2D eigenvalue weighted by Gasteiger charge is -2.47. The number of esters is 1. The number of amidine groups is 2. The van der Waals surface area contributed by atoms with Crippen molar-refractivity contribution in [2.45, 2.75) is 255 Å². The van der Waals surface area contributed by atoms with Gasteiger partial charge < -0.3 is 38.9 Å². The highest BCUT2D eigenvalue weighted by Crippen LogP contribution is 2.52. The van der Waals surface area contributed by atoms with E-state index in [1.54, 1.807) is 12.1 Å². The number of piperidine rings is 2. The van der Waals surface area contributed by atoms with Gasteiger partial charge in [0.1, 0.15) is 11.3 Å². The number of hydrogen-bond acceptors (Lipinski definition) is 11. The zero-order chi connectivity index (χ0) is 60.9. The summed E-state index contributed by atoms with van der Waals surface area (Å²) in [5.74, 6) is 1.23. The third kappa shape index (κ3) is 16.4. The standard InChI is InChI=1S/C36H57N3O4.C33H51N3O4/c1-10-42-29-12-11-23-38(24-29)31-32(40)39(36(37-31)21-17-28(18-22-36)35(7,8)9)30(19-20-34(4,5)6)26-13-15-27(16-14-26)33(41)43-25(2)3;1-8-40-26-10-9-21-35(22-26)28-29(37)36(33(34-28)19-15-25(16-20-33)32(5,6)7)27(17-18-31(2,3)4)23-11-13-24(14-12-23)30(38)39/h13-16,25,28-30H,10-12,17-24H2,1-9H3;11-14,25-27H,8-10,15-22H2,1-7H3,(H,38,39)/t28?,29?,30-,36?;25?,26?,27-,33?/m11/s1. The molecule has 1 N–H and O–H groups in total. The summed E-state index contributed by atoms with van der Waals surface area (Å²) >= 11 is 0. The van der Waals surface area contributed by atoms with Gasteiger partial charge in [-0.05, 0) is 199 Å². The third-order valence-corrected chi connectivity index (χ3v) is 18.9. The van der Waals surface area contributed by atoms with Crippen LogP contribution in [-0.4, -0.2) is 129 Å². The minimum absolute atomic E-state index is 0.0209. The van der Waals surface area contributed by atoms with E-state index in [0.29, 0.717) is 55.4 Å². The van der Waals surface area contributed by atoms with Crippen LogP contribution in [0.3, 0.4) is 0 Å². The number of carboxylic acids is 1. The summed E-state index contributed by atoms with van der Waals surface area (Å²) < 4.78 is 17.4. The smallest absolute Gasteiger partial charge is 0.338 e. The van der Waals surface area contributed by atoms with Crippen molar-refractivity contribution in [3.8, 4) is 0 Å². The molecule has 0 aromatic heterocycles. The van der Waals surface area contributed by atoms with Gasteiger partial charge in [0.25, 0.3) is 11.8 Å². The predicted octanol–water partition coefficient (Wildman–Crippen LogP) is 14.7. The summed E-state index contributed by atoms with van der Waals surface area (Å²) in [5, 5.41) is 9.51. The highest BCUT2D eigenvalue weighted by atomic mass is 16.5. The number of benzene rings is 2. The van der Waals surface area contributed by atoms with Crippen LogP contribution in [-0.2, 0) is 23.8 Å². The second-order valence-electron chi connectivity index (χ2n) is 30.0. The third-order valence-electron chi connectivity index (χ3n) is 18.9. The van der Waals surface area contributed by atoms with E-state index in [1.807, 2.05) is 64.1 Å². The summed E-state index contributed by atoms with van der Waals surface area (Å²) in [5.41, 5.74) is 2.38. The molecule has 4 atom stereocenters. The van der Waals surface area contributed by atoms with Crippen LogP contribution in [0, 0.1) is 33.5 Å². The van der Waals surface area contributed by atoms with Crippen LogP contribution < -0.4 is 0 Å². The molecule has 14 heteroatoms. The molecule has 2 saturated heterocycles. The van der Waals surface area contributed by atoms with Crippen molar-refractivity contribution in [2.75, 3.05) is 39.4 Å². The molecular formula is C69H108N6O8. The first kappa shape index (κ1) is 65.7. The number of amides is 2. The maximum Gasteiger partial charge on any atom is 0.338 e. The van der Waals surface area contributed by atoms with Gasteiger partial charge in [0.15, 0.2) is 11.7 Å². The molecule has 83 heavy (non-hydrogen) atoms. The lowest BCUT2D eigenvalue weighted by Crippen LogP contribution is -2.53. The SMILES string of the molecule is CCOC1CCCN(C2=NC3(CCC(C(C)(C)C)CC3)N([C@H](CCC(C)(C)C)c3ccc(C(=O)O)cc3)C2=O)C1.CCOC1CCCN(C2=NC3(CCC(C(C)(C)C)CC3)N([C@H](CCC(C)(C)C)c3ccc(C(=O)OC(C)C)cc3)C2=O)C1. The molecule has 14 nitrogen and oxygen atoms in total. The van der Waals surface area contributed by atoms with Crippen LogP contribution in [0.2, 0.25) is 0 Å². The molecule has 6 aliphatic rings. The fourth-order valence-corrected chi connectivity index (χ4v) is 14.1. The predicted molar refractivity (Wildman–Crippen MR) is 333 cm³/mol. The second-order valence-corrected chi connectivity index (χ2v) is 30.0. The van der Waals surface area contributed by atoms with E-state index in [9.17, 15) is 24.3 Å². The first-order valence-corrected chi connectivity index (χ1v) is 32.1. The van der Waals surface area contributed by atoms with Gasteiger partial charge in [0.2, 0.25) is 0 Å². The average molecular weight is 1150 g/mol. The van der Waals surface area contributed by atoms with Gasteiger partial charge in [0, 0.05) is 39.4 Å². The van der Waals surface area contributed by atoms with E-state index in [-0.39, 0.29) is 75.4 Å². The Morgan fingerprint density at radius 3 is 1.25 bits per heavy atom. The lowest BCUT2D eigenvalue weighted by molar-refractivity contribution is -0.135. The Hall–Kier alpha value is -4.82. The van der Waals surface area contributed by atoms with Gasteiger partial charge in [-0.15, -0.1) is 0 Å². The summed E-state index contributed by atoms with van der Waals surface area (Å²) in [6.07, 6.45) is 15.3. The normalized spacial score (nSPS) is 26.3. The van der Waals surface area contributed by atoms with Crippen molar-refractivity contribution in [2.24, 2.45) is 43.5 Å². The molecule has 2 spiro atoms. The maximum absolute atomic E-state index is 14.7. The number of ether oxygens (including phenoxy) is 3. The summed E-state index contributed by atoms with van der Waals surface area (Å²) in [6.45, 7) is 39.6. The highest BCUT2D eigenvalue weighted by molar-refractivity contribution is 6.40. The van der Waals surface area contributed by atoms with Crippen molar-refractivity contribution in [3.63, 3.8) is 0 Å². The Bertz CT molecular complexity index is 2560. The van der Waals surface area contributed by atoms with E-state index in [1.165, 1.54) is 0 Å². The topological polar surface area (TPSA) is 154 Å². The molecule has 2 saturated carbocycles. The molecule has 8 rings (SSSR count). The Kier molecular flexibility index (Phi) is 21.3. The van der Waals surface area contributed by atoms with E-state index >= 15 is 0 Å². The van der Waals surface area contributed by atoms with E-state index in [2.05, 4.69) is 103 Å². The molecule has 2 aromatic rings. The zero-order valence-electron chi connectivity index (χ0n) is 54.2. The van der Waals surface area contributed by atoms with Crippen molar-refractivity contribution in [1.29, 1.82) is 0 Å². The number of likely N-dealkylation sites (tertiary alicyclic amines) is 2. The number of carboxylic acid groups (broad SMARTS) is 1. The molecular weight excluding hydrogens is 1040 g/mol. The highest BCUT2D eigenvalue weighted by Gasteiger charge is 2.56. The fraction of sp³-hybridized carbons (Fsp3) is 0.739. The van der Waals surface area contributed by atoms with Crippen LogP contribution in [0.1, 0.15) is 257 Å². The van der Waals surface area contributed by atoms with E-state index in [4.69, 9.17) is 24.2 Å². The number of rotatable bonds is 15. The molecule has 4 aliphatic heterocycles. The summed E-state index contributed by atoms with van der Waals surface area (Å²) in [4.78, 5) is 73.0. The van der Waals surface area contributed by atoms with Crippen molar-refractivity contribution in [1.82, 2.24) is 19.6 Å². The average Bonchev–Trinajstić information content (AvgIpc) is 2.00. The van der Waals surface area contributed by atoms with Crippen LogP contribution in [0.5, 0.6) is 0 Å². The number of aromatic carboxylic acids is 1. The van der Waals surface area contributed by atoms with Crippen LogP contribution in [0.4, 0.5) is 0 Å². The van der Waals surface area contributed by atoms with Crippen LogP contribution in [0.15, 0.2) is 58.5 Å². The van der Waals surface area contributed by atoms with Gasteiger partial charge >= 0.3 is 11.9 Å². The maximum atomic E-state index is 14.7. The Labute approximate surface area is 500 Å². The number of hydrogen-bond donors (Lipinski definition) is 1. The molecule has 4 heterocycles. The Balaban J connectivity index is 0.000000239. The minimum atomic E-state index is -0.938. The first-order valence-electron chi connectivity index (χ1n) is 32.1. The van der Waals surface area contributed by atoms with Crippen LogP contribution >= 0.6 is 0 Å². The van der Waals surface area contributed by atoms with E-state index < -0.39 is 17.3 Å². The summed E-state index contributed by atoms with van der Waals surface area (Å²) in [7, 11) is 0. The largest absolute Gasteiger partial charge is 0.478 e. The van der Waals surface area contributed by atoms with Gasteiger partial charge in [0.05, 0.1) is 41.5 Å². The molecule has 0 radical (unpaired) electrons. The van der Waals surface area contributed by atoms with Gasteiger partial charge in [-0.3, -0.25) is 9.59 Å². The van der Waals surface area contributed by atoms with Crippen molar-refractivity contribution >= 4 is 35.4 Å². The minimum Gasteiger partial charge on any atom is -0.478 e. The molecule has 2 amide bonds. The molecule has 4 fully saturated rings. The van der Waals surface area contributed by atoms with Gasteiger partial charge in [-0.1, -0.05) is 107 Å². The number of carbonyl (C=O) groups excluding carboxylic acids is 3. The summed E-state index contributed by atoms with van der Waals surface area (Å²) in [6, 6.07) is 14.6. The number of nitrogens with zero attached hydrogens (tertiary/aromatic N) is 6. The lowest BCUT2D eigenvalue weighted by atomic mass is 9.69. The van der Waals surface area contributed by atoms with Crippen molar-refractivity contribution in [3.05, 3.63) is 70.8 Å². The monoisotopic (exact) mass is 1150 g/mol. The Morgan fingerprint density at radius 2 is 0.940 bits per heavy atom. The number of carbonyl (C=O) groups is 4. The zero-order valence-corrected chi connectivity index (χ0v) is 54.2. The molecule has 462 valence electrons. The van der Waals surface area contributed by atoms with Gasteiger partial charge in [-0.25, -0.2) is 19.6 Å². The van der Waals surface area contributed by atoms with Crippen molar-refractivity contribution < 1.29 is 38.5 Å². The Morgan fingerprint density at radius 1 is 0.578 bits per heavy atom. The molecule has 2 aliphatic carbocycles. The molecule has 0 bridgehead atoms. The second kappa shape index (κ2) is 26.8. The van der Waals surface area contributed by atoms with Crippen LogP contribution in [0.25, 0.3) is 0 Å². The number of aliphatic imine (C=N–C) groups is 2. The fourth-order valence-electron chi connectivity index (χ4n) is 14.1.